The quantitative estimate of drug-likeness (QED) is 0.561. The molecule has 144 valence electrons. The highest BCUT2D eigenvalue weighted by Gasteiger charge is 2.19. The van der Waals surface area contributed by atoms with E-state index in [0.29, 0.717) is 6.04 Å². The van der Waals surface area contributed by atoms with Gasteiger partial charge in [-0.1, -0.05) is 40.2 Å². The minimum Gasteiger partial charge on any atom is -0.393 e. The van der Waals surface area contributed by atoms with Crippen LogP contribution in [0.1, 0.15) is 43.9 Å². The van der Waals surface area contributed by atoms with Crippen LogP contribution >= 0.6 is 15.9 Å². The second-order valence-electron chi connectivity index (χ2n) is 7.53. The molecule has 2 aromatic rings. The maximum atomic E-state index is 9.73. The third kappa shape index (κ3) is 4.94. The Kier molecular flexibility index (Phi) is 6.61. The van der Waals surface area contributed by atoms with Crippen molar-refractivity contribution >= 4 is 21.6 Å². The third-order valence-electron chi connectivity index (χ3n) is 5.42. The predicted molar refractivity (Wildman–Crippen MR) is 118 cm³/mol. The number of aromatic nitrogens is 1. The van der Waals surface area contributed by atoms with Crippen LogP contribution in [-0.4, -0.2) is 21.8 Å². The zero-order valence-electron chi connectivity index (χ0n) is 16.2. The largest absolute Gasteiger partial charge is 0.393 e. The van der Waals surface area contributed by atoms with Crippen molar-refractivity contribution < 1.29 is 5.11 Å². The molecule has 1 heterocycles. The Morgan fingerprint density at radius 1 is 1.30 bits per heavy atom. The van der Waals surface area contributed by atoms with Gasteiger partial charge in [0.2, 0.25) is 0 Å². The molecule has 0 spiro atoms. The first-order chi connectivity index (χ1) is 13.0. The molecule has 3 rings (SSSR count). The molecule has 0 bridgehead atoms. The van der Waals surface area contributed by atoms with Crippen LogP contribution in [0.5, 0.6) is 0 Å². The van der Waals surface area contributed by atoms with E-state index >= 15 is 0 Å². The van der Waals surface area contributed by atoms with Gasteiger partial charge in [-0.25, -0.2) is 0 Å². The van der Waals surface area contributed by atoms with Gasteiger partial charge in [-0.3, -0.25) is 0 Å². The number of anilines is 1. The molecule has 1 saturated carbocycles. The van der Waals surface area contributed by atoms with Crippen molar-refractivity contribution in [3.63, 3.8) is 0 Å². The summed E-state index contributed by atoms with van der Waals surface area (Å²) in [6.07, 6.45) is 8.55. The lowest BCUT2D eigenvalue weighted by atomic mass is 9.93. The molecule has 1 aromatic heterocycles. The summed E-state index contributed by atoms with van der Waals surface area (Å²) in [7, 11) is 0. The number of nitrogens with zero attached hydrogens (tertiary/aromatic N) is 1. The van der Waals surface area contributed by atoms with Crippen LogP contribution in [0.3, 0.4) is 0 Å². The van der Waals surface area contributed by atoms with Crippen molar-refractivity contribution in [1.29, 1.82) is 0 Å². The van der Waals surface area contributed by atoms with Crippen LogP contribution in [0.4, 0.5) is 5.69 Å². The first-order valence-electron chi connectivity index (χ1n) is 9.67. The Morgan fingerprint density at radius 2 is 2.04 bits per heavy atom. The highest BCUT2D eigenvalue weighted by molar-refractivity contribution is 9.11. The fourth-order valence-electron chi connectivity index (χ4n) is 3.70. The molecule has 1 fully saturated rings. The number of rotatable bonds is 6. The third-order valence-corrected chi connectivity index (χ3v) is 6.42. The highest BCUT2D eigenvalue weighted by atomic mass is 79.9. The molecular weight excluding hydrogens is 400 g/mol. The van der Waals surface area contributed by atoms with Crippen LogP contribution in [-0.2, 0) is 6.42 Å². The molecule has 0 radical (unpaired) electrons. The summed E-state index contributed by atoms with van der Waals surface area (Å²) >= 11 is 3.57. The Hall–Kier alpha value is -1.78. The molecular formula is C23H29BrN2O. The van der Waals surface area contributed by atoms with E-state index < -0.39 is 0 Å². The van der Waals surface area contributed by atoms with E-state index in [1.165, 1.54) is 28.2 Å². The van der Waals surface area contributed by atoms with Gasteiger partial charge in [0.15, 0.2) is 0 Å². The van der Waals surface area contributed by atoms with Gasteiger partial charge < -0.3 is 15.0 Å². The number of aliphatic hydroxyl groups is 1. The molecule has 0 unspecified atom stereocenters. The Balaban J connectivity index is 1.82. The second kappa shape index (κ2) is 8.94. The van der Waals surface area contributed by atoms with Crippen LogP contribution in [0.25, 0.3) is 5.69 Å². The monoisotopic (exact) mass is 428 g/mol. The molecule has 0 amide bonds. The molecule has 3 nitrogen and oxygen atoms in total. The van der Waals surface area contributed by atoms with Crippen LogP contribution < -0.4 is 5.32 Å². The van der Waals surface area contributed by atoms with Gasteiger partial charge in [0.25, 0.3) is 0 Å². The van der Waals surface area contributed by atoms with E-state index in [0.717, 1.165) is 36.6 Å². The maximum Gasteiger partial charge on any atom is 0.0541 e. The molecule has 1 aliphatic rings. The lowest BCUT2D eigenvalue weighted by Crippen LogP contribution is -2.28. The van der Waals surface area contributed by atoms with Gasteiger partial charge >= 0.3 is 0 Å². The number of aryl methyl sites for hydroxylation is 1. The van der Waals surface area contributed by atoms with E-state index in [9.17, 15) is 5.11 Å². The van der Waals surface area contributed by atoms with E-state index in [1.54, 1.807) is 0 Å². The van der Waals surface area contributed by atoms with Gasteiger partial charge in [-0.2, -0.15) is 0 Å². The molecule has 0 saturated heterocycles. The average Bonchev–Trinajstić information content (AvgIpc) is 3.12. The minimum absolute atomic E-state index is 0.121. The number of nitrogens with one attached hydrogen (secondary N) is 1. The molecule has 1 aliphatic carbocycles. The van der Waals surface area contributed by atoms with Crippen LogP contribution in [0.15, 0.2) is 59.2 Å². The summed E-state index contributed by atoms with van der Waals surface area (Å²) in [5.74, 6) is 0. The predicted octanol–water partition coefficient (Wildman–Crippen LogP) is 5.90. The summed E-state index contributed by atoms with van der Waals surface area (Å²) in [6.45, 7) is 8.11. The Bertz CT molecular complexity index is 829. The topological polar surface area (TPSA) is 37.2 Å². The van der Waals surface area contributed by atoms with Crippen molar-refractivity contribution in [3.05, 3.63) is 70.5 Å². The number of allylic oxidation sites excluding steroid dienone is 3. The fraction of sp³-hybridized carbons (Fsp3) is 0.391. The summed E-state index contributed by atoms with van der Waals surface area (Å²) in [6, 6.07) is 11.3. The van der Waals surface area contributed by atoms with Gasteiger partial charge in [0, 0.05) is 40.2 Å². The van der Waals surface area contributed by atoms with E-state index in [-0.39, 0.29) is 6.10 Å². The van der Waals surface area contributed by atoms with E-state index in [2.05, 4.69) is 82.8 Å². The molecule has 27 heavy (non-hydrogen) atoms. The first-order valence-corrected chi connectivity index (χ1v) is 10.5. The lowest BCUT2D eigenvalue weighted by molar-refractivity contribution is 0.126. The summed E-state index contributed by atoms with van der Waals surface area (Å²) in [4.78, 5) is 0. The summed E-state index contributed by atoms with van der Waals surface area (Å²) in [5.41, 5.74) is 6.12. The SMILES string of the molecule is C=C/C(Br)=C(\C)Cc1cccn1-c1ccc(C)c(NC2CCC(O)CC2)c1. The fourth-order valence-corrected chi connectivity index (χ4v) is 3.84. The maximum absolute atomic E-state index is 9.73. The molecule has 1 aromatic carbocycles. The van der Waals surface area contributed by atoms with Crippen molar-refractivity contribution in [2.45, 2.75) is 58.1 Å². The van der Waals surface area contributed by atoms with Crippen molar-refractivity contribution in [2.75, 3.05) is 5.32 Å². The Labute approximate surface area is 170 Å². The standard InChI is InChI=1S/C23H29BrN2O/c1-4-22(24)17(3)14-19-6-5-13-26(19)20-10-7-16(2)23(15-20)25-18-8-11-21(27)12-9-18/h4-7,10,13,15,18,21,25,27H,1,8-9,11-12,14H2,2-3H3/b22-17-. The lowest BCUT2D eigenvalue weighted by Gasteiger charge is -2.28. The summed E-state index contributed by atoms with van der Waals surface area (Å²) in [5, 5.41) is 13.4. The average molecular weight is 429 g/mol. The first kappa shape index (κ1) is 20.0. The molecule has 0 aliphatic heterocycles. The number of hydrogen-bond donors (Lipinski definition) is 2. The van der Waals surface area contributed by atoms with Gasteiger partial charge in [-0.05, 0) is 69.4 Å². The van der Waals surface area contributed by atoms with Gasteiger partial charge in [0.05, 0.1) is 6.10 Å². The van der Waals surface area contributed by atoms with Gasteiger partial charge in [0.1, 0.15) is 0 Å². The van der Waals surface area contributed by atoms with Crippen molar-refractivity contribution in [3.8, 4) is 5.69 Å². The normalized spacial score (nSPS) is 20.9. The number of benzene rings is 1. The zero-order chi connectivity index (χ0) is 19.4. The van der Waals surface area contributed by atoms with Crippen molar-refractivity contribution in [1.82, 2.24) is 4.57 Å². The number of halogens is 1. The van der Waals surface area contributed by atoms with Crippen molar-refractivity contribution in [2.24, 2.45) is 0 Å². The van der Waals surface area contributed by atoms with Crippen LogP contribution in [0.2, 0.25) is 0 Å². The molecule has 2 N–H and O–H groups in total. The van der Waals surface area contributed by atoms with E-state index in [4.69, 9.17) is 0 Å². The number of aliphatic hydroxyl groups excluding tert-OH is 1. The van der Waals surface area contributed by atoms with E-state index in [1.807, 2.05) is 6.08 Å². The Morgan fingerprint density at radius 3 is 2.74 bits per heavy atom. The number of hydrogen-bond acceptors (Lipinski definition) is 2. The second-order valence-corrected chi connectivity index (χ2v) is 8.38. The molecule has 4 heteroatoms. The highest BCUT2D eigenvalue weighted by Crippen LogP contribution is 2.27. The summed E-state index contributed by atoms with van der Waals surface area (Å²) < 4.78 is 3.31. The van der Waals surface area contributed by atoms with Crippen LogP contribution in [0, 0.1) is 6.92 Å². The molecule has 0 atom stereocenters. The zero-order valence-corrected chi connectivity index (χ0v) is 17.8. The minimum atomic E-state index is -0.121. The smallest absolute Gasteiger partial charge is 0.0541 e. The van der Waals surface area contributed by atoms with Gasteiger partial charge in [-0.15, -0.1) is 0 Å².